The van der Waals surface area contributed by atoms with E-state index in [-0.39, 0.29) is 11.7 Å². The van der Waals surface area contributed by atoms with Crippen LogP contribution in [0.15, 0.2) is 73.2 Å². The fourth-order valence-electron chi connectivity index (χ4n) is 3.67. The summed E-state index contributed by atoms with van der Waals surface area (Å²) < 4.78 is 1.85. The third-order valence-corrected chi connectivity index (χ3v) is 5.12. The quantitative estimate of drug-likeness (QED) is 0.549. The average molecular weight is 382 g/mol. The first-order valence-corrected chi connectivity index (χ1v) is 9.34. The van der Waals surface area contributed by atoms with Crippen LogP contribution >= 0.6 is 0 Å². The smallest absolute Gasteiger partial charge is 0.247 e. The first-order chi connectivity index (χ1) is 14.2. The summed E-state index contributed by atoms with van der Waals surface area (Å²) in [6, 6.07) is 15.1. The number of benzene rings is 1. The van der Waals surface area contributed by atoms with Crippen LogP contribution in [-0.4, -0.2) is 30.3 Å². The molecule has 29 heavy (non-hydrogen) atoms. The van der Waals surface area contributed by atoms with Crippen molar-refractivity contribution in [3.8, 4) is 17.0 Å². The van der Waals surface area contributed by atoms with Crippen LogP contribution in [0, 0.1) is 0 Å². The summed E-state index contributed by atoms with van der Waals surface area (Å²) >= 11 is 0. The summed E-state index contributed by atoms with van der Waals surface area (Å²) in [6.45, 7) is 1.24. The maximum Gasteiger partial charge on any atom is 0.247 e. The molecule has 0 bridgehead atoms. The number of pyridine rings is 2. The van der Waals surface area contributed by atoms with Gasteiger partial charge in [0.25, 0.3) is 0 Å². The van der Waals surface area contributed by atoms with Crippen LogP contribution in [0.2, 0.25) is 0 Å². The predicted molar refractivity (Wildman–Crippen MR) is 110 cm³/mol. The fourth-order valence-corrected chi connectivity index (χ4v) is 3.67. The Balaban J connectivity index is 1.50. The lowest BCUT2D eigenvalue weighted by Gasteiger charge is -2.12. The largest absolute Gasteiger partial charge is 0.508 e. The fraction of sp³-hybridized carbons (Fsp3) is 0.0870. The molecule has 0 unspecified atom stereocenters. The van der Waals surface area contributed by atoms with Crippen molar-refractivity contribution < 1.29 is 9.90 Å². The molecule has 1 N–H and O–H groups in total. The molecule has 0 fully saturated rings. The molecule has 0 spiro atoms. The van der Waals surface area contributed by atoms with E-state index in [4.69, 9.17) is 0 Å². The Bertz CT molecular complexity index is 1220. The van der Waals surface area contributed by atoms with Crippen molar-refractivity contribution in [1.82, 2.24) is 19.3 Å². The third kappa shape index (κ3) is 3.14. The maximum absolute atomic E-state index is 12.8. The van der Waals surface area contributed by atoms with E-state index in [0.29, 0.717) is 24.4 Å². The molecule has 0 atom stereocenters. The normalized spacial score (nSPS) is 13.3. The van der Waals surface area contributed by atoms with E-state index in [2.05, 4.69) is 22.1 Å². The standard InChI is InChI=1S/C23H18N4O2/c28-19-9-11-27-20(23(25-21(27)12-19)16-6-3-10-24-13-16)7-8-22(29)26-14-17-4-1-2-5-18(17)15-26/h1-13,28H,14-15H2/b8-7+. The zero-order valence-electron chi connectivity index (χ0n) is 15.6. The second kappa shape index (κ2) is 6.91. The molecule has 0 saturated heterocycles. The molecule has 0 aliphatic carbocycles. The van der Waals surface area contributed by atoms with E-state index < -0.39 is 0 Å². The predicted octanol–water partition coefficient (Wildman–Crippen LogP) is 3.66. The van der Waals surface area contributed by atoms with Gasteiger partial charge >= 0.3 is 0 Å². The van der Waals surface area contributed by atoms with E-state index >= 15 is 0 Å². The number of carbonyl (C=O) groups excluding carboxylic acids is 1. The number of hydrogen-bond acceptors (Lipinski definition) is 4. The van der Waals surface area contributed by atoms with Crippen molar-refractivity contribution in [3.05, 3.63) is 90.0 Å². The lowest BCUT2D eigenvalue weighted by molar-refractivity contribution is -0.126. The van der Waals surface area contributed by atoms with E-state index in [9.17, 15) is 9.90 Å². The van der Waals surface area contributed by atoms with E-state index in [1.807, 2.05) is 33.6 Å². The average Bonchev–Trinajstić information content (AvgIpc) is 3.34. The second-order valence-corrected chi connectivity index (χ2v) is 7.00. The molecule has 1 aromatic carbocycles. The van der Waals surface area contributed by atoms with Gasteiger partial charge < -0.3 is 10.0 Å². The minimum Gasteiger partial charge on any atom is -0.508 e. The van der Waals surface area contributed by atoms with Crippen LogP contribution in [0.3, 0.4) is 0 Å². The lowest BCUT2D eigenvalue weighted by Crippen LogP contribution is -2.22. The summed E-state index contributed by atoms with van der Waals surface area (Å²) in [5.41, 5.74) is 5.29. The molecule has 142 valence electrons. The number of aromatic hydroxyl groups is 1. The number of carbonyl (C=O) groups is 1. The van der Waals surface area contributed by atoms with Gasteiger partial charge in [-0.1, -0.05) is 24.3 Å². The number of imidazole rings is 1. The summed E-state index contributed by atoms with van der Waals surface area (Å²) in [7, 11) is 0. The van der Waals surface area contributed by atoms with Gasteiger partial charge in [-0.3, -0.25) is 14.2 Å². The monoisotopic (exact) mass is 382 g/mol. The molecule has 0 saturated carbocycles. The zero-order chi connectivity index (χ0) is 19.8. The lowest BCUT2D eigenvalue weighted by atomic mass is 10.1. The number of hydrogen-bond donors (Lipinski definition) is 1. The van der Waals surface area contributed by atoms with Gasteiger partial charge in [-0.15, -0.1) is 0 Å². The van der Waals surface area contributed by atoms with Crippen molar-refractivity contribution in [1.29, 1.82) is 0 Å². The molecule has 0 radical (unpaired) electrons. The van der Waals surface area contributed by atoms with E-state index in [0.717, 1.165) is 11.3 Å². The van der Waals surface area contributed by atoms with Crippen LogP contribution < -0.4 is 0 Å². The van der Waals surface area contributed by atoms with Gasteiger partial charge in [0, 0.05) is 49.4 Å². The van der Waals surface area contributed by atoms with Gasteiger partial charge in [0.2, 0.25) is 5.91 Å². The van der Waals surface area contributed by atoms with Crippen molar-refractivity contribution >= 4 is 17.6 Å². The molecule has 1 aliphatic heterocycles. The highest BCUT2D eigenvalue weighted by Gasteiger charge is 2.21. The van der Waals surface area contributed by atoms with Gasteiger partial charge in [-0.2, -0.15) is 0 Å². The Morgan fingerprint density at radius 3 is 2.59 bits per heavy atom. The van der Waals surface area contributed by atoms with Gasteiger partial charge in [-0.05, 0) is 35.4 Å². The third-order valence-electron chi connectivity index (χ3n) is 5.12. The van der Waals surface area contributed by atoms with E-state index in [1.54, 1.807) is 42.9 Å². The highest BCUT2D eigenvalue weighted by molar-refractivity contribution is 5.93. The summed E-state index contributed by atoms with van der Waals surface area (Å²) in [4.78, 5) is 23.4. The number of rotatable bonds is 3. The molecule has 4 heterocycles. The topological polar surface area (TPSA) is 70.7 Å². The Kier molecular flexibility index (Phi) is 4.09. The summed E-state index contributed by atoms with van der Waals surface area (Å²) in [6.07, 6.45) is 8.55. The minimum atomic E-state index is -0.0490. The zero-order valence-corrected chi connectivity index (χ0v) is 15.6. The van der Waals surface area contributed by atoms with Crippen LogP contribution in [0.5, 0.6) is 5.75 Å². The van der Waals surface area contributed by atoms with E-state index in [1.165, 1.54) is 11.1 Å². The van der Waals surface area contributed by atoms with Gasteiger partial charge in [-0.25, -0.2) is 4.98 Å². The molecule has 1 amide bonds. The highest BCUT2D eigenvalue weighted by Crippen LogP contribution is 2.27. The Hall–Kier alpha value is -3.93. The Morgan fingerprint density at radius 2 is 1.86 bits per heavy atom. The van der Waals surface area contributed by atoms with Crippen molar-refractivity contribution in [2.75, 3.05) is 0 Å². The van der Waals surface area contributed by atoms with Crippen LogP contribution in [-0.2, 0) is 17.9 Å². The number of fused-ring (bicyclic) bond motifs is 2. The van der Waals surface area contributed by atoms with Crippen molar-refractivity contribution in [2.45, 2.75) is 13.1 Å². The summed E-state index contributed by atoms with van der Waals surface area (Å²) in [5, 5.41) is 9.80. The molecule has 6 heteroatoms. The minimum absolute atomic E-state index is 0.0490. The van der Waals surface area contributed by atoms with Gasteiger partial charge in [0.15, 0.2) is 0 Å². The second-order valence-electron chi connectivity index (χ2n) is 7.00. The van der Waals surface area contributed by atoms with Crippen LogP contribution in [0.4, 0.5) is 0 Å². The summed E-state index contributed by atoms with van der Waals surface area (Å²) in [5.74, 6) is 0.0914. The molecule has 4 aromatic rings. The number of nitrogens with zero attached hydrogens (tertiary/aromatic N) is 4. The SMILES string of the molecule is O=C(/C=C/c1c(-c2cccnc2)nc2cc(O)ccn12)N1Cc2ccccc2C1. The molecule has 3 aromatic heterocycles. The number of amides is 1. The molecule has 6 nitrogen and oxygen atoms in total. The molecular formula is C23H18N4O2. The van der Waals surface area contributed by atoms with Crippen LogP contribution in [0.1, 0.15) is 16.8 Å². The molecular weight excluding hydrogens is 364 g/mol. The first-order valence-electron chi connectivity index (χ1n) is 9.34. The first kappa shape index (κ1) is 17.2. The van der Waals surface area contributed by atoms with Gasteiger partial charge in [0.05, 0.1) is 11.4 Å². The van der Waals surface area contributed by atoms with Crippen molar-refractivity contribution in [3.63, 3.8) is 0 Å². The maximum atomic E-state index is 12.8. The Labute approximate surface area is 167 Å². The molecule has 5 rings (SSSR count). The van der Waals surface area contributed by atoms with Crippen molar-refractivity contribution in [2.24, 2.45) is 0 Å². The number of aromatic nitrogens is 3. The van der Waals surface area contributed by atoms with Gasteiger partial charge in [0.1, 0.15) is 11.4 Å². The molecule has 1 aliphatic rings. The highest BCUT2D eigenvalue weighted by atomic mass is 16.3. The Morgan fingerprint density at radius 1 is 1.07 bits per heavy atom. The van der Waals surface area contributed by atoms with Crippen LogP contribution in [0.25, 0.3) is 23.0 Å².